The number of nitrogens with zero attached hydrogens (tertiary/aromatic N) is 1. The third-order valence-corrected chi connectivity index (χ3v) is 6.81. The van der Waals surface area contributed by atoms with Crippen LogP contribution in [-0.4, -0.2) is 42.5 Å². The van der Waals surface area contributed by atoms with Gasteiger partial charge in [-0.25, -0.2) is 4.98 Å². The number of amides is 2. The molecule has 0 saturated heterocycles. The standard InChI is InChI=1S/C27H31ClN4O5/c1-36-23(33)8-4-5-15-29-19-12-9-17(10-13-19)26(34)32-24-20-6-2-3-7-21(20)37-25(24)27(35)31-22-14-11-18(28)16-30-22/h2-3,6-7,11,14,16-17,19,29H,4-5,8-10,12-13,15H2,1H3,(H,32,34)(H,30,31,35)/t17-,19-. The summed E-state index contributed by atoms with van der Waals surface area (Å²) in [7, 11) is 1.40. The van der Waals surface area contributed by atoms with E-state index in [-0.39, 0.29) is 23.6 Å². The molecule has 2 heterocycles. The number of rotatable bonds is 10. The number of fused-ring (bicyclic) bond motifs is 1. The number of ether oxygens (including phenoxy) is 1. The first-order valence-electron chi connectivity index (χ1n) is 12.5. The Morgan fingerprint density at radius 1 is 1.05 bits per heavy atom. The van der Waals surface area contributed by atoms with Gasteiger partial charge in [-0.15, -0.1) is 0 Å². The first-order chi connectivity index (χ1) is 17.9. The highest BCUT2D eigenvalue weighted by atomic mass is 35.5. The van der Waals surface area contributed by atoms with E-state index in [0.717, 1.165) is 45.1 Å². The quantitative estimate of drug-likeness (QED) is 0.246. The zero-order valence-electron chi connectivity index (χ0n) is 20.7. The second-order valence-corrected chi connectivity index (χ2v) is 9.58. The van der Waals surface area contributed by atoms with Crippen molar-refractivity contribution in [2.75, 3.05) is 24.3 Å². The number of hydrogen-bond acceptors (Lipinski definition) is 7. The van der Waals surface area contributed by atoms with Crippen LogP contribution in [0, 0.1) is 5.92 Å². The van der Waals surface area contributed by atoms with E-state index in [1.165, 1.54) is 13.3 Å². The highest BCUT2D eigenvalue weighted by molar-refractivity contribution is 6.30. The van der Waals surface area contributed by atoms with Crippen molar-refractivity contribution in [3.05, 3.63) is 53.4 Å². The van der Waals surface area contributed by atoms with Crippen LogP contribution in [0.4, 0.5) is 11.5 Å². The number of esters is 1. The minimum atomic E-state index is -0.513. The number of halogens is 1. The summed E-state index contributed by atoms with van der Waals surface area (Å²) in [5.41, 5.74) is 0.866. The van der Waals surface area contributed by atoms with E-state index in [1.807, 2.05) is 18.2 Å². The molecule has 1 saturated carbocycles. The molecule has 0 spiro atoms. The minimum absolute atomic E-state index is 0.0219. The normalized spacial score (nSPS) is 17.4. The number of anilines is 2. The van der Waals surface area contributed by atoms with Gasteiger partial charge >= 0.3 is 5.97 Å². The fourth-order valence-electron chi connectivity index (χ4n) is 4.54. The number of pyridine rings is 1. The number of methoxy groups -OCH3 is 1. The van der Waals surface area contributed by atoms with E-state index < -0.39 is 5.91 Å². The van der Waals surface area contributed by atoms with Crippen molar-refractivity contribution in [2.45, 2.75) is 51.0 Å². The number of carbonyl (C=O) groups excluding carboxylic acids is 3. The molecule has 1 fully saturated rings. The molecule has 0 unspecified atom stereocenters. The first kappa shape index (κ1) is 26.6. The molecular weight excluding hydrogens is 496 g/mol. The van der Waals surface area contributed by atoms with Crippen LogP contribution < -0.4 is 16.0 Å². The van der Waals surface area contributed by atoms with E-state index in [0.29, 0.717) is 40.0 Å². The molecule has 196 valence electrons. The van der Waals surface area contributed by atoms with Gasteiger partial charge in [0.15, 0.2) is 0 Å². The Labute approximate surface area is 220 Å². The van der Waals surface area contributed by atoms with Gasteiger partial charge < -0.3 is 25.1 Å². The lowest BCUT2D eigenvalue weighted by atomic mass is 9.85. The van der Waals surface area contributed by atoms with E-state index in [9.17, 15) is 14.4 Å². The maximum absolute atomic E-state index is 13.2. The summed E-state index contributed by atoms with van der Waals surface area (Å²) in [5.74, 6) is -0.626. The zero-order valence-corrected chi connectivity index (χ0v) is 21.5. The Balaban J connectivity index is 1.35. The third-order valence-electron chi connectivity index (χ3n) is 6.59. The van der Waals surface area contributed by atoms with Crippen LogP contribution in [0.25, 0.3) is 11.0 Å². The minimum Gasteiger partial charge on any atom is -0.469 e. The molecule has 1 aliphatic carbocycles. The van der Waals surface area contributed by atoms with Crippen LogP contribution in [0.1, 0.15) is 55.5 Å². The summed E-state index contributed by atoms with van der Waals surface area (Å²) in [6.45, 7) is 0.834. The number of furan rings is 1. The molecular formula is C27H31ClN4O5. The van der Waals surface area contributed by atoms with Crippen LogP contribution >= 0.6 is 11.6 Å². The highest BCUT2D eigenvalue weighted by Gasteiger charge is 2.29. The van der Waals surface area contributed by atoms with Gasteiger partial charge in [0.25, 0.3) is 5.91 Å². The lowest BCUT2D eigenvalue weighted by molar-refractivity contribution is -0.140. The molecule has 0 atom stereocenters. The Kier molecular flexibility index (Phi) is 9.14. The number of unbranched alkanes of at least 4 members (excludes halogenated alkanes) is 1. The van der Waals surface area contributed by atoms with Crippen LogP contribution in [-0.2, 0) is 14.3 Å². The maximum atomic E-state index is 13.2. The molecule has 3 N–H and O–H groups in total. The predicted octanol–water partition coefficient (Wildman–Crippen LogP) is 5.16. The second kappa shape index (κ2) is 12.7. The Morgan fingerprint density at radius 2 is 1.84 bits per heavy atom. The molecule has 37 heavy (non-hydrogen) atoms. The monoisotopic (exact) mass is 526 g/mol. The van der Waals surface area contributed by atoms with Crippen LogP contribution in [0.3, 0.4) is 0 Å². The predicted molar refractivity (Wildman–Crippen MR) is 142 cm³/mol. The Morgan fingerprint density at radius 3 is 2.57 bits per heavy atom. The fraction of sp³-hybridized carbons (Fsp3) is 0.407. The third kappa shape index (κ3) is 7.08. The highest BCUT2D eigenvalue weighted by Crippen LogP contribution is 2.33. The van der Waals surface area contributed by atoms with E-state index in [4.69, 9.17) is 16.0 Å². The Bertz CT molecular complexity index is 1240. The van der Waals surface area contributed by atoms with E-state index in [1.54, 1.807) is 18.2 Å². The number of nitrogens with one attached hydrogen (secondary N) is 3. The van der Waals surface area contributed by atoms with Crippen molar-refractivity contribution < 1.29 is 23.5 Å². The van der Waals surface area contributed by atoms with Crippen molar-refractivity contribution in [1.82, 2.24) is 10.3 Å². The van der Waals surface area contributed by atoms with Crippen LogP contribution in [0.15, 0.2) is 47.0 Å². The van der Waals surface area contributed by atoms with Crippen molar-refractivity contribution in [3.8, 4) is 0 Å². The van der Waals surface area contributed by atoms with Gasteiger partial charge in [-0.2, -0.15) is 0 Å². The number of aromatic nitrogens is 1. The number of carbonyl (C=O) groups is 3. The molecule has 10 heteroatoms. The molecule has 0 aliphatic heterocycles. The van der Waals surface area contributed by atoms with Crippen molar-refractivity contribution in [1.29, 1.82) is 0 Å². The number of benzene rings is 1. The second-order valence-electron chi connectivity index (χ2n) is 9.14. The molecule has 2 aromatic heterocycles. The largest absolute Gasteiger partial charge is 0.469 e. The van der Waals surface area contributed by atoms with Gasteiger partial charge in [-0.3, -0.25) is 14.4 Å². The average molecular weight is 527 g/mol. The molecule has 2 amide bonds. The van der Waals surface area contributed by atoms with Crippen LogP contribution in [0.5, 0.6) is 0 Å². The SMILES string of the molecule is COC(=O)CCCCN[C@H]1CC[C@H](C(=O)Nc2c(C(=O)Nc3ccc(Cl)cn3)oc3ccccc23)CC1. The zero-order chi connectivity index (χ0) is 26.2. The van der Waals surface area contributed by atoms with Crippen molar-refractivity contribution >= 4 is 51.9 Å². The number of hydrogen-bond donors (Lipinski definition) is 3. The van der Waals surface area contributed by atoms with Crippen molar-refractivity contribution in [3.63, 3.8) is 0 Å². The summed E-state index contributed by atoms with van der Waals surface area (Å²) in [4.78, 5) is 41.5. The molecule has 1 aliphatic rings. The molecule has 0 radical (unpaired) electrons. The van der Waals surface area contributed by atoms with E-state index in [2.05, 4.69) is 25.7 Å². The van der Waals surface area contributed by atoms with E-state index >= 15 is 0 Å². The van der Waals surface area contributed by atoms with Gasteiger partial charge in [-0.1, -0.05) is 23.7 Å². The summed E-state index contributed by atoms with van der Waals surface area (Å²) >= 11 is 5.88. The van der Waals surface area contributed by atoms with Gasteiger partial charge in [0.1, 0.15) is 17.1 Å². The maximum Gasteiger partial charge on any atom is 0.305 e. The molecule has 9 nitrogen and oxygen atoms in total. The van der Waals surface area contributed by atoms with Crippen LogP contribution in [0.2, 0.25) is 5.02 Å². The van der Waals surface area contributed by atoms with Gasteiger partial charge in [-0.05, 0) is 69.3 Å². The lowest BCUT2D eigenvalue weighted by Gasteiger charge is -2.28. The topological polar surface area (TPSA) is 123 Å². The summed E-state index contributed by atoms with van der Waals surface area (Å²) in [6.07, 6.45) is 6.83. The van der Waals surface area contributed by atoms with Gasteiger partial charge in [0, 0.05) is 30.0 Å². The average Bonchev–Trinajstić information content (AvgIpc) is 3.28. The summed E-state index contributed by atoms with van der Waals surface area (Å²) in [6, 6.07) is 10.8. The van der Waals surface area contributed by atoms with Gasteiger partial charge in [0.05, 0.1) is 12.1 Å². The Hall–Kier alpha value is -3.43. The summed E-state index contributed by atoms with van der Waals surface area (Å²) < 4.78 is 10.5. The lowest BCUT2D eigenvalue weighted by Crippen LogP contribution is -2.37. The fourth-order valence-corrected chi connectivity index (χ4v) is 4.65. The smallest absolute Gasteiger partial charge is 0.305 e. The molecule has 0 bridgehead atoms. The first-order valence-corrected chi connectivity index (χ1v) is 12.9. The molecule has 4 rings (SSSR count). The van der Waals surface area contributed by atoms with Gasteiger partial charge in [0.2, 0.25) is 11.7 Å². The summed E-state index contributed by atoms with van der Waals surface area (Å²) in [5, 5.41) is 10.3. The number of para-hydroxylation sites is 1. The molecule has 1 aromatic carbocycles. The van der Waals surface area contributed by atoms with Crippen molar-refractivity contribution in [2.24, 2.45) is 5.92 Å². The molecule has 3 aromatic rings.